The van der Waals surface area contributed by atoms with Crippen LogP contribution >= 0.6 is 0 Å². The number of carbonyl (C=O) groups excluding carboxylic acids is 1. The van der Waals surface area contributed by atoms with Crippen LogP contribution in [0.5, 0.6) is 0 Å². The second kappa shape index (κ2) is 7.67. The van der Waals surface area contributed by atoms with E-state index in [2.05, 4.69) is 10.3 Å². The lowest BCUT2D eigenvalue weighted by atomic mass is 9.86. The third kappa shape index (κ3) is 3.55. The zero-order valence-corrected chi connectivity index (χ0v) is 16.9. The molecule has 0 aliphatic carbocycles. The summed E-state index contributed by atoms with van der Waals surface area (Å²) < 4.78 is 48.0. The Hall–Kier alpha value is -3.88. The first-order valence-electron chi connectivity index (χ1n) is 9.87. The molecule has 1 atom stereocenters. The van der Waals surface area contributed by atoms with E-state index < -0.39 is 17.5 Å². The Kier molecular flexibility index (Phi) is 4.80. The molecule has 32 heavy (non-hydrogen) atoms. The largest absolute Gasteiger partial charge is 0.355 e. The lowest BCUT2D eigenvalue weighted by molar-refractivity contribution is 0.0714. The van der Waals surface area contributed by atoms with Crippen LogP contribution in [0.15, 0.2) is 59.4 Å². The van der Waals surface area contributed by atoms with Crippen LogP contribution in [0.4, 0.5) is 13.2 Å². The van der Waals surface area contributed by atoms with Gasteiger partial charge in [-0.3, -0.25) is 9.48 Å². The van der Waals surface area contributed by atoms with Crippen molar-refractivity contribution >= 4 is 5.91 Å². The Balaban J connectivity index is 1.47. The topological polar surface area (TPSA) is 64.2 Å². The van der Waals surface area contributed by atoms with Crippen molar-refractivity contribution in [1.29, 1.82) is 0 Å². The first-order chi connectivity index (χ1) is 15.4. The molecule has 162 valence electrons. The van der Waals surface area contributed by atoms with Gasteiger partial charge in [-0.15, -0.1) is 0 Å². The van der Waals surface area contributed by atoms with Crippen LogP contribution < -0.4 is 0 Å². The smallest absolute Gasteiger partial charge is 0.276 e. The molecule has 5 rings (SSSR count). The Morgan fingerprint density at radius 2 is 1.88 bits per heavy atom. The van der Waals surface area contributed by atoms with Crippen LogP contribution in [0.2, 0.25) is 0 Å². The molecule has 0 spiro atoms. The molecular formula is C23H17F3N4O2. The highest BCUT2D eigenvalue weighted by atomic mass is 19.1. The Labute approximate surface area is 180 Å². The molecule has 9 heteroatoms. The molecule has 1 aliphatic heterocycles. The Bertz CT molecular complexity index is 1330. The van der Waals surface area contributed by atoms with E-state index in [-0.39, 0.29) is 41.8 Å². The Morgan fingerprint density at radius 3 is 2.62 bits per heavy atom. The molecule has 0 bridgehead atoms. The number of fused-ring (bicyclic) bond motifs is 1. The number of amides is 1. The highest BCUT2D eigenvalue weighted by Crippen LogP contribution is 2.35. The second-order valence-corrected chi connectivity index (χ2v) is 7.73. The summed E-state index contributed by atoms with van der Waals surface area (Å²) in [5.41, 5.74) is 2.47. The molecule has 1 unspecified atom stereocenters. The molecule has 3 heterocycles. The second-order valence-electron chi connectivity index (χ2n) is 7.73. The molecule has 0 radical (unpaired) electrons. The van der Waals surface area contributed by atoms with E-state index in [4.69, 9.17) is 4.52 Å². The number of carbonyl (C=O) groups is 1. The lowest BCUT2D eigenvalue weighted by Crippen LogP contribution is -2.38. The first kappa shape index (κ1) is 20.0. The number of rotatable bonds is 3. The van der Waals surface area contributed by atoms with Gasteiger partial charge in [0, 0.05) is 44.4 Å². The summed E-state index contributed by atoms with van der Waals surface area (Å²) in [7, 11) is 1.78. The molecule has 2 aromatic carbocycles. The summed E-state index contributed by atoms with van der Waals surface area (Å²) in [6.45, 7) is 0.548. The van der Waals surface area contributed by atoms with E-state index in [1.54, 1.807) is 28.9 Å². The van der Waals surface area contributed by atoms with Crippen molar-refractivity contribution in [2.24, 2.45) is 7.05 Å². The Morgan fingerprint density at radius 1 is 1.09 bits per heavy atom. The molecule has 1 aliphatic rings. The first-order valence-corrected chi connectivity index (χ1v) is 9.87. The van der Waals surface area contributed by atoms with Crippen LogP contribution in [0.3, 0.4) is 0 Å². The van der Waals surface area contributed by atoms with E-state index in [0.717, 1.165) is 28.8 Å². The van der Waals surface area contributed by atoms with Gasteiger partial charge in [0.2, 0.25) is 0 Å². The van der Waals surface area contributed by atoms with Crippen molar-refractivity contribution in [3.63, 3.8) is 0 Å². The van der Waals surface area contributed by atoms with E-state index >= 15 is 0 Å². The van der Waals surface area contributed by atoms with Crippen LogP contribution in [-0.2, 0) is 13.6 Å². The predicted octanol–water partition coefficient (Wildman–Crippen LogP) is 4.28. The fraction of sp³-hybridized carbons (Fsp3) is 0.174. The minimum absolute atomic E-state index is 0.000719. The standard InChI is InChI=1S/C23H17F3N4O2/c1-29-10-14(9-27-29)19-12-30(11-13-2-3-15(24)6-18(13)19)23(31)21-8-22(32-28-21)17-5-4-16(25)7-20(17)26/h2-10,19H,11-12H2,1H3. The van der Waals surface area contributed by atoms with Gasteiger partial charge in [-0.2, -0.15) is 5.10 Å². The summed E-state index contributed by atoms with van der Waals surface area (Å²) in [6, 6.07) is 8.90. The molecule has 6 nitrogen and oxygen atoms in total. The average molecular weight is 438 g/mol. The summed E-state index contributed by atoms with van der Waals surface area (Å²) in [5.74, 6) is -2.54. The molecule has 1 amide bonds. The molecule has 0 N–H and O–H groups in total. The number of nitrogens with zero attached hydrogens (tertiary/aromatic N) is 4. The monoisotopic (exact) mass is 438 g/mol. The maximum absolute atomic E-state index is 14.1. The lowest BCUT2D eigenvalue weighted by Gasteiger charge is -2.34. The highest BCUT2D eigenvalue weighted by Gasteiger charge is 2.32. The quantitative estimate of drug-likeness (QED) is 0.479. The van der Waals surface area contributed by atoms with Crippen molar-refractivity contribution in [3.05, 3.63) is 94.7 Å². The van der Waals surface area contributed by atoms with Gasteiger partial charge in [-0.25, -0.2) is 13.2 Å². The SMILES string of the molecule is Cn1cc(C2CN(C(=O)c3cc(-c4ccc(F)cc4F)on3)Cc3ccc(F)cc32)cn1. The van der Waals surface area contributed by atoms with Crippen molar-refractivity contribution in [2.45, 2.75) is 12.5 Å². The van der Waals surface area contributed by atoms with E-state index in [1.807, 2.05) is 6.20 Å². The van der Waals surface area contributed by atoms with Crippen LogP contribution in [0, 0.1) is 17.5 Å². The van der Waals surface area contributed by atoms with Crippen molar-refractivity contribution in [3.8, 4) is 11.3 Å². The van der Waals surface area contributed by atoms with Crippen LogP contribution in [0.1, 0.15) is 33.1 Å². The molecule has 4 aromatic rings. The van der Waals surface area contributed by atoms with Crippen molar-refractivity contribution in [1.82, 2.24) is 19.8 Å². The van der Waals surface area contributed by atoms with Gasteiger partial charge >= 0.3 is 0 Å². The average Bonchev–Trinajstić information content (AvgIpc) is 3.42. The van der Waals surface area contributed by atoms with Crippen LogP contribution in [0.25, 0.3) is 11.3 Å². The number of benzene rings is 2. The summed E-state index contributed by atoms with van der Waals surface area (Å²) >= 11 is 0. The van der Waals surface area contributed by atoms with Gasteiger partial charge in [0.1, 0.15) is 17.5 Å². The zero-order valence-electron chi connectivity index (χ0n) is 16.9. The number of aryl methyl sites for hydroxylation is 1. The number of hydrogen-bond donors (Lipinski definition) is 0. The summed E-state index contributed by atoms with van der Waals surface area (Å²) in [5, 5.41) is 8.00. The number of hydrogen-bond acceptors (Lipinski definition) is 4. The van der Waals surface area contributed by atoms with Gasteiger partial charge in [0.25, 0.3) is 5.91 Å². The molecule has 0 saturated carbocycles. The van der Waals surface area contributed by atoms with Gasteiger partial charge in [0.15, 0.2) is 11.5 Å². The summed E-state index contributed by atoms with van der Waals surface area (Å²) in [4.78, 5) is 14.8. The van der Waals surface area contributed by atoms with Gasteiger partial charge in [0.05, 0.1) is 11.8 Å². The zero-order chi connectivity index (χ0) is 22.4. The summed E-state index contributed by atoms with van der Waals surface area (Å²) in [6.07, 6.45) is 3.53. The minimum atomic E-state index is -0.814. The fourth-order valence-electron chi connectivity index (χ4n) is 4.04. The minimum Gasteiger partial charge on any atom is -0.355 e. The third-order valence-electron chi connectivity index (χ3n) is 5.59. The third-order valence-corrected chi connectivity index (χ3v) is 5.59. The fourth-order valence-corrected chi connectivity index (χ4v) is 4.04. The molecule has 2 aromatic heterocycles. The molecule has 0 fully saturated rings. The predicted molar refractivity (Wildman–Crippen MR) is 108 cm³/mol. The number of aromatic nitrogens is 3. The van der Waals surface area contributed by atoms with E-state index in [1.165, 1.54) is 24.3 Å². The normalized spacial score (nSPS) is 15.6. The highest BCUT2D eigenvalue weighted by molar-refractivity contribution is 5.93. The van der Waals surface area contributed by atoms with Crippen molar-refractivity contribution < 1.29 is 22.5 Å². The molecular weight excluding hydrogens is 421 g/mol. The van der Waals surface area contributed by atoms with Crippen LogP contribution in [-0.4, -0.2) is 32.3 Å². The van der Waals surface area contributed by atoms with E-state index in [0.29, 0.717) is 0 Å². The maximum Gasteiger partial charge on any atom is 0.276 e. The van der Waals surface area contributed by atoms with E-state index in [9.17, 15) is 18.0 Å². The van der Waals surface area contributed by atoms with Crippen molar-refractivity contribution in [2.75, 3.05) is 6.54 Å². The molecule has 0 saturated heterocycles. The van der Waals surface area contributed by atoms with Gasteiger partial charge < -0.3 is 9.42 Å². The number of halogens is 3. The maximum atomic E-state index is 14.1. The van der Waals surface area contributed by atoms with Gasteiger partial charge in [-0.05, 0) is 41.0 Å². The van der Waals surface area contributed by atoms with Gasteiger partial charge in [-0.1, -0.05) is 11.2 Å².